The summed E-state index contributed by atoms with van der Waals surface area (Å²) in [4.78, 5) is 4.46. The molecule has 1 aliphatic rings. The number of para-hydroxylation sites is 1. The number of nitrogens with zero attached hydrogens (tertiary/aromatic N) is 2. The van der Waals surface area contributed by atoms with Gasteiger partial charge in [-0.05, 0) is 24.5 Å². The number of fused-ring (bicyclic) bond motifs is 1. The molecule has 1 aliphatic heterocycles. The van der Waals surface area contributed by atoms with Gasteiger partial charge in [0.1, 0.15) is 0 Å². The molecule has 1 aromatic heterocycles. The monoisotopic (exact) mass is 319 g/mol. The molecular formula is C16H21N3O2S. The SMILES string of the molecule is CS(=O)(=O)N1CCC(NCc2cccc3cccnc23)CC1. The third kappa shape index (κ3) is 3.45. The molecule has 1 N–H and O–H groups in total. The van der Waals surface area contributed by atoms with Crippen molar-refractivity contribution in [3.63, 3.8) is 0 Å². The van der Waals surface area contributed by atoms with Gasteiger partial charge in [-0.2, -0.15) is 0 Å². The number of aromatic nitrogens is 1. The van der Waals surface area contributed by atoms with Gasteiger partial charge in [-0.3, -0.25) is 4.98 Å². The lowest BCUT2D eigenvalue weighted by Crippen LogP contribution is -2.44. The van der Waals surface area contributed by atoms with Crippen LogP contribution in [0.3, 0.4) is 0 Å². The first-order chi connectivity index (χ1) is 10.5. The van der Waals surface area contributed by atoms with Gasteiger partial charge in [-0.15, -0.1) is 0 Å². The van der Waals surface area contributed by atoms with Crippen LogP contribution in [0.2, 0.25) is 0 Å². The van der Waals surface area contributed by atoms with E-state index in [1.54, 1.807) is 4.31 Å². The lowest BCUT2D eigenvalue weighted by molar-refractivity contribution is 0.290. The van der Waals surface area contributed by atoms with Crippen LogP contribution >= 0.6 is 0 Å². The normalized spacial score (nSPS) is 17.9. The lowest BCUT2D eigenvalue weighted by Gasteiger charge is -2.30. The molecule has 0 atom stereocenters. The highest BCUT2D eigenvalue weighted by molar-refractivity contribution is 7.88. The summed E-state index contributed by atoms with van der Waals surface area (Å²) in [7, 11) is -3.05. The Morgan fingerprint density at radius 3 is 2.68 bits per heavy atom. The van der Waals surface area contributed by atoms with E-state index < -0.39 is 10.0 Å². The number of rotatable bonds is 4. The maximum atomic E-state index is 11.5. The fourth-order valence-corrected chi connectivity index (χ4v) is 3.83. The van der Waals surface area contributed by atoms with E-state index in [1.165, 1.54) is 11.8 Å². The van der Waals surface area contributed by atoms with Crippen LogP contribution in [0.4, 0.5) is 0 Å². The predicted octanol–water partition coefficient (Wildman–Crippen LogP) is 1.75. The number of benzene rings is 1. The Bertz CT molecular complexity index is 748. The fourth-order valence-electron chi connectivity index (χ4n) is 2.96. The van der Waals surface area contributed by atoms with Crippen LogP contribution < -0.4 is 5.32 Å². The molecule has 6 heteroatoms. The molecule has 0 spiro atoms. The minimum Gasteiger partial charge on any atom is -0.310 e. The number of sulfonamides is 1. The molecular weight excluding hydrogens is 298 g/mol. The predicted molar refractivity (Wildman–Crippen MR) is 88.0 cm³/mol. The quantitative estimate of drug-likeness (QED) is 0.932. The molecule has 5 nitrogen and oxygen atoms in total. The number of nitrogens with one attached hydrogen (secondary N) is 1. The average Bonchev–Trinajstić information content (AvgIpc) is 2.52. The highest BCUT2D eigenvalue weighted by Gasteiger charge is 2.24. The van der Waals surface area contributed by atoms with E-state index >= 15 is 0 Å². The summed E-state index contributed by atoms with van der Waals surface area (Å²) in [6, 6.07) is 10.6. The largest absolute Gasteiger partial charge is 0.310 e. The molecule has 118 valence electrons. The second-order valence-electron chi connectivity index (χ2n) is 5.81. The van der Waals surface area contributed by atoms with Crippen LogP contribution in [0, 0.1) is 0 Å². The summed E-state index contributed by atoms with van der Waals surface area (Å²) >= 11 is 0. The van der Waals surface area contributed by atoms with Gasteiger partial charge in [-0.1, -0.05) is 24.3 Å². The Labute approximate surface area is 131 Å². The van der Waals surface area contributed by atoms with Gasteiger partial charge in [0, 0.05) is 37.3 Å². The number of hydrogen-bond donors (Lipinski definition) is 1. The minimum atomic E-state index is -3.05. The Morgan fingerprint density at radius 1 is 1.23 bits per heavy atom. The van der Waals surface area contributed by atoms with E-state index in [-0.39, 0.29) is 0 Å². The van der Waals surface area contributed by atoms with Crippen molar-refractivity contribution in [2.75, 3.05) is 19.3 Å². The first-order valence-corrected chi connectivity index (χ1v) is 9.40. The van der Waals surface area contributed by atoms with Crippen molar-refractivity contribution in [3.8, 4) is 0 Å². The van der Waals surface area contributed by atoms with Gasteiger partial charge in [0.05, 0.1) is 11.8 Å². The van der Waals surface area contributed by atoms with Crippen LogP contribution in [-0.2, 0) is 16.6 Å². The Morgan fingerprint density at radius 2 is 1.95 bits per heavy atom. The summed E-state index contributed by atoms with van der Waals surface area (Å²) in [6.45, 7) is 1.96. The van der Waals surface area contributed by atoms with E-state index in [9.17, 15) is 8.42 Å². The third-order valence-electron chi connectivity index (χ3n) is 4.22. The second kappa shape index (κ2) is 6.32. The number of pyridine rings is 1. The molecule has 1 saturated heterocycles. The molecule has 2 heterocycles. The zero-order valence-electron chi connectivity index (χ0n) is 12.7. The second-order valence-corrected chi connectivity index (χ2v) is 7.79. The molecule has 0 bridgehead atoms. The molecule has 0 saturated carbocycles. The van der Waals surface area contributed by atoms with Crippen molar-refractivity contribution < 1.29 is 8.42 Å². The minimum absolute atomic E-state index is 0.358. The standard InChI is InChI=1S/C16H21N3O2S/c1-22(20,21)19-10-7-15(8-11-19)18-12-14-5-2-4-13-6-3-9-17-16(13)14/h2-6,9,15,18H,7-8,10-12H2,1H3. The van der Waals surface area contributed by atoms with E-state index in [2.05, 4.69) is 28.5 Å². The summed E-state index contributed by atoms with van der Waals surface area (Å²) in [5, 5.41) is 4.69. The van der Waals surface area contributed by atoms with Crippen molar-refractivity contribution in [1.29, 1.82) is 0 Å². The fraction of sp³-hybridized carbons (Fsp3) is 0.438. The van der Waals surface area contributed by atoms with Crippen molar-refractivity contribution in [2.24, 2.45) is 0 Å². The Balaban J connectivity index is 1.61. The summed E-state index contributed by atoms with van der Waals surface area (Å²) in [6.07, 6.45) is 4.80. The highest BCUT2D eigenvalue weighted by atomic mass is 32.2. The van der Waals surface area contributed by atoms with Crippen LogP contribution in [0.15, 0.2) is 36.5 Å². The molecule has 0 aliphatic carbocycles. The van der Waals surface area contributed by atoms with Crippen LogP contribution in [-0.4, -0.2) is 43.1 Å². The number of piperidine rings is 1. The molecule has 0 unspecified atom stereocenters. The first kappa shape index (κ1) is 15.4. The van der Waals surface area contributed by atoms with Crippen LogP contribution in [0.5, 0.6) is 0 Å². The average molecular weight is 319 g/mol. The Hall–Kier alpha value is -1.50. The summed E-state index contributed by atoms with van der Waals surface area (Å²) in [5.41, 5.74) is 2.22. The van der Waals surface area contributed by atoms with Crippen LogP contribution in [0.25, 0.3) is 10.9 Å². The highest BCUT2D eigenvalue weighted by Crippen LogP contribution is 2.17. The maximum absolute atomic E-state index is 11.5. The first-order valence-electron chi connectivity index (χ1n) is 7.55. The lowest BCUT2D eigenvalue weighted by atomic mass is 10.1. The molecule has 3 rings (SSSR count). The van der Waals surface area contributed by atoms with Gasteiger partial charge in [0.15, 0.2) is 0 Å². The van der Waals surface area contributed by atoms with Gasteiger partial charge >= 0.3 is 0 Å². The van der Waals surface area contributed by atoms with Gasteiger partial charge in [0.2, 0.25) is 10.0 Å². The molecule has 0 amide bonds. The van der Waals surface area contributed by atoms with E-state index in [0.717, 1.165) is 30.3 Å². The number of hydrogen-bond acceptors (Lipinski definition) is 4. The van der Waals surface area contributed by atoms with Crippen molar-refractivity contribution in [1.82, 2.24) is 14.6 Å². The van der Waals surface area contributed by atoms with E-state index in [1.807, 2.05) is 18.3 Å². The molecule has 1 fully saturated rings. The van der Waals surface area contributed by atoms with Crippen LogP contribution in [0.1, 0.15) is 18.4 Å². The van der Waals surface area contributed by atoms with Gasteiger partial charge in [0.25, 0.3) is 0 Å². The summed E-state index contributed by atoms with van der Waals surface area (Å²) < 4.78 is 24.6. The van der Waals surface area contributed by atoms with Crippen molar-refractivity contribution in [3.05, 3.63) is 42.1 Å². The molecule has 0 radical (unpaired) electrons. The zero-order chi connectivity index (χ0) is 15.6. The zero-order valence-corrected chi connectivity index (χ0v) is 13.5. The van der Waals surface area contributed by atoms with Gasteiger partial charge in [-0.25, -0.2) is 12.7 Å². The van der Waals surface area contributed by atoms with Crippen molar-refractivity contribution >= 4 is 20.9 Å². The topological polar surface area (TPSA) is 62.3 Å². The summed E-state index contributed by atoms with van der Waals surface area (Å²) in [5.74, 6) is 0. The third-order valence-corrected chi connectivity index (χ3v) is 5.52. The molecule has 1 aromatic carbocycles. The van der Waals surface area contributed by atoms with E-state index in [0.29, 0.717) is 19.1 Å². The maximum Gasteiger partial charge on any atom is 0.211 e. The Kier molecular flexibility index (Phi) is 4.42. The van der Waals surface area contributed by atoms with E-state index in [4.69, 9.17) is 0 Å². The molecule has 2 aromatic rings. The molecule has 22 heavy (non-hydrogen) atoms. The van der Waals surface area contributed by atoms with Gasteiger partial charge < -0.3 is 5.32 Å². The smallest absolute Gasteiger partial charge is 0.211 e. The van der Waals surface area contributed by atoms with Crippen molar-refractivity contribution in [2.45, 2.75) is 25.4 Å².